The Balaban J connectivity index is 1.81. The predicted molar refractivity (Wildman–Crippen MR) is 84.2 cm³/mol. The van der Waals surface area contributed by atoms with Crippen LogP contribution in [0.5, 0.6) is 5.75 Å². The Labute approximate surface area is 119 Å². The third-order valence-electron chi connectivity index (χ3n) is 3.91. The zero-order valence-corrected chi connectivity index (χ0v) is 11.6. The van der Waals surface area contributed by atoms with Crippen molar-refractivity contribution in [2.75, 3.05) is 0 Å². The monoisotopic (exact) mass is 262 g/mol. The molecule has 0 aliphatic carbocycles. The van der Waals surface area contributed by atoms with Crippen LogP contribution in [0.3, 0.4) is 0 Å². The van der Waals surface area contributed by atoms with Crippen molar-refractivity contribution in [1.29, 1.82) is 0 Å². The Bertz CT molecular complexity index is 744. The van der Waals surface area contributed by atoms with Crippen LogP contribution in [0.25, 0.3) is 10.8 Å². The van der Waals surface area contributed by atoms with Gasteiger partial charge in [-0.15, -0.1) is 0 Å². The van der Waals surface area contributed by atoms with E-state index in [9.17, 15) is 5.11 Å². The first-order valence-electron chi connectivity index (χ1n) is 6.99. The van der Waals surface area contributed by atoms with Gasteiger partial charge in [-0.2, -0.15) is 0 Å². The third-order valence-corrected chi connectivity index (χ3v) is 3.91. The van der Waals surface area contributed by atoms with Crippen molar-refractivity contribution in [3.8, 4) is 5.75 Å². The van der Waals surface area contributed by atoms with Crippen molar-refractivity contribution in [2.45, 2.75) is 19.8 Å². The van der Waals surface area contributed by atoms with Gasteiger partial charge in [0.05, 0.1) is 0 Å². The molecular weight excluding hydrogens is 244 g/mol. The van der Waals surface area contributed by atoms with Gasteiger partial charge < -0.3 is 5.11 Å². The molecule has 0 saturated heterocycles. The Morgan fingerprint density at radius 2 is 1.60 bits per heavy atom. The maximum absolute atomic E-state index is 9.74. The normalized spacial score (nSPS) is 10.8. The summed E-state index contributed by atoms with van der Waals surface area (Å²) in [5, 5.41) is 12.3. The molecule has 0 spiro atoms. The fourth-order valence-corrected chi connectivity index (χ4v) is 2.61. The number of hydrogen-bond donors (Lipinski definition) is 1. The van der Waals surface area contributed by atoms with Crippen LogP contribution in [0.1, 0.15) is 16.7 Å². The molecule has 1 nitrogen and oxygen atoms in total. The van der Waals surface area contributed by atoms with Gasteiger partial charge in [-0.25, -0.2) is 0 Å². The summed E-state index contributed by atoms with van der Waals surface area (Å²) in [7, 11) is 0. The minimum Gasteiger partial charge on any atom is -0.508 e. The molecule has 0 aliphatic rings. The molecule has 1 heteroatoms. The standard InChI is InChI=1S/C19H18O/c1-14-16(7-4-8-19(14)20)11-9-15-10-12-17-5-2-3-6-18(17)13-15/h2-8,10,12-13,20H,9,11H2,1H3. The molecule has 0 atom stereocenters. The van der Waals surface area contributed by atoms with Gasteiger partial charge in [-0.05, 0) is 53.3 Å². The molecule has 20 heavy (non-hydrogen) atoms. The van der Waals surface area contributed by atoms with Crippen molar-refractivity contribution < 1.29 is 5.11 Å². The summed E-state index contributed by atoms with van der Waals surface area (Å²) in [4.78, 5) is 0. The maximum Gasteiger partial charge on any atom is 0.118 e. The van der Waals surface area contributed by atoms with Crippen molar-refractivity contribution in [1.82, 2.24) is 0 Å². The Morgan fingerprint density at radius 3 is 2.45 bits per heavy atom. The Hall–Kier alpha value is -2.28. The van der Waals surface area contributed by atoms with Crippen molar-refractivity contribution in [3.63, 3.8) is 0 Å². The lowest BCUT2D eigenvalue weighted by atomic mass is 9.98. The number of hydrogen-bond acceptors (Lipinski definition) is 1. The molecule has 0 heterocycles. The summed E-state index contributed by atoms with van der Waals surface area (Å²) >= 11 is 0. The molecule has 0 fully saturated rings. The first-order chi connectivity index (χ1) is 9.74. The van der Waals surface area contributed by atoms with Gasteiger partial charge in [0.2, 0.25) is 0 Å². The molecule has 0 bridgehead atoms. The SMILES string of the molecule is Cc1c(O)cccc1CCc1ccc2ccccc2c1. The average Bonchev–Trinajstić information content (AvgIpc) is 2.48. The quantitative estimate of drug-likeness (QED) is 0.729. The van der Waals surface area contributed by atoms with Gasteiger partial charge in [0.25, 0.3) is 0 Å². The molecule has 0 unspecified atom stereocenters. The van der Waals surface area contributed by atoms with Gasteiger partial charge in [-0.1, -0.05) is 54.6 Å². The molecule has 0 aliphatic heterocycles. The highest BCUT2D eigenvalue weighted by molar-refractivity contribution is 5.82. The van der Waals surface area contributed by atoms with Crippen molar-refractivity contribution >= 4 is 10.8 Å². The second kappa shape index (κ2) is 5.38. The molecule has 0 amide bonds. The second-order valence-electron chi connectivity index (χ2n) is 5.24. The number of aryl methyl sites for hydroxylation is 2. The lowest BCUT2D eigenvalue weighted by molar-refractivity contribution is 0.470. The Kier molecular flexibility index (Phi) is 3.42. The van der Waals surface area contributed by atoms with Gasteiger partial charge in [-0.3, -0.25) is 0 Å². The van der Waals surface area contributed by atoms with Crippen LogP contribution in [0, 0.1) is 6.92 Å². The fourth-order valence-electron chi connectivity index (χ4n) is 2.61. The predicted octanol–water partition coefficient (Wildman–Crippen LogP) is 4.64. The summed E-state index contributed by atoms with van der Waals surface area (Å²) in [6, 6.07) is 20.8. The summed E-state index contributed by atoms with van der Waals surface area (Å²) in [6.45, 7) is 1.98. The zero-order chi connectivity index (χ0) is 13.9. The van der Waals surface area contributed by atoms with Crippen molar-refractivity contribution in [2.24, 2.45) is 0 Å². The van der Waals surface area contributed by atoms with E-state index in [1.807, 2.05) is 13.0 Å². The Morgan fingerprint density at radius 1 is 0.800 bits per heavy atom. The lowest BCUT2D eigenvalue weighted by Crippen LogP contribution is -1.94. The number of phenolic OH excluding ortho intramolecular Hbond substituents is 1. The summed E-state index contributed by atoms with van der Waals surface area (Å²) in [5.74, 6) is 0.390. The van der Waals surface area contributed by atoms with E-state index >= 15 is 0 Å². The number of rotatable bonds is 3. The highest BCUT2D eigenvalue weighted by Gasteiger charge is 2.03. The van der Waals surface area contributed by atoms with Crippen LogP contribution in [0.2, 0.25) is 0 Å². The van der Waals surface area contributed by atoms with Crippen LogP contribution in [-0.2, 0) is 12.8 Å². The molecule has 1 N–H and O–H groups in total. The van der Waals surface area contributed by atoms with E-state index in [4.69, 9.17) is 0 Å². The summed E-state index contributed by atoms with van der Waals surface area (Å²) in [5.41, 5.74) is 3.55. The summed E-state index contributed by atoms with van der Waals surface area (Å²) in [6.07, 6.45) is 1.95. The third kappa shape index (κ3) is 2.53. The number of aromatic hydroxyl groups is 1. The van der Waals surface area contributed by atoms with E-state index in [0.29, 0.717) is 5.75 Å². The number of benzene rings is 3. The molecule has 0 saturated carbocycles. The zero-order valence-electron chi connectivity index (χ0n) is 11.6. The lowest BCUT2D eigenvalue weighted by Gasteiger charge is -2.08. The summed E-state index contributed by atoms with van der Waals surface area (Å²) < 4.78 is 0. The van der Waals surface area contributed by atoms with Gasteiger partial charge >= 0.3 is 0 Å². The largest absolute Gasteiger partial charge is 0.508 e. The maximum atomic E-state index is 9.74. The number of fused-ring (bicyclic) bond motifs is 1. The molecule has 0 radical (unpaired) electrons. The van der Waals surface area contributed by atoms with E-state index in [2.05, 4.69) is 48.5 Å². The highest BCUT2D eigenvalue weighted by atomic mass is 16.3. The van der Waals surface area contributed by atoms with Gasteiger partial charge in [0, 0.05) is 0 Å². The van der Waals surface area contributed by atoms with Crippen LogP contribution < -0.4 is 0 Å². The van der Waals surface area contributed by atoms with Crippen molar-refractivity contribution in [3.05, 3.63) is 77.4 Å². The first-order valence-corrected chi connectivity index (χ1v) is 6.99. The second-order valence-corrected chi connectivity index (χ2v) is 5.24. The van der Waals surface area contributed by atoms with Crippen LogP contribution in [0.15, 0.2) is 60.7 Å². The van der Waals surface area contributed by atoms with E-state index in [0.717, 1.165) is 18.4 Å². The first kappa shape index (κ1) is 12.7. The van der Waals surface area contributed by atoms with Crippen LogP contribution in [-0.4, -0.2) is 5.11 Å². The van der Waals surface area contributed by atoms with Gasteiger partial charge in [0.1, 0.15) is 5.75 Å². The van der Waals surface area contributed by atoms with Crippen LogP contribution in [0.4, 0.5) is 0 Å². The molecule has 3 rings (SSSR count). The molecule has 0 aromatic heterocycles. The van der Waals surface area contributed by atoms with E-state index in [1.165, 1.54) is 21.9 Å². The average molecular weight is 262 g/mol. The molecule has 3 aromatic rings. The van der Waals surface area contributed by atoms with Crippen LogP contribution >= 0.6 is 0 Å². The van der Waals surface area contributed by atoms with E-state index in [-0.39, 0.29) is 0 Å². The van der Waals surface area contributed by atoms with Gasteiger partial charge in [0.15, 0.2) is 0 Å². The minimum absolute atomic E-state index is 0.390. The molecular formula is C19H18O. The molecule has 3 aromatic carbocycles. The number of phenols is 1. The highest BCUT2D eigenvalue weighted by Crippen LogP contribution is 2.22. The topological polar surface area (TPSA) is 20.2 Å². The minimum atomic E-state index is 0.390. The van der Waals surface area contributed by atoms with E-state index in [1.54, 1.807) is 6.07 Å². The van der Waals surface area contributed by atoms with E-state index < -0.39 is 0 Å². The fraction of sp³-hybridized carbons (Fsp3) is 0.158. The smallest absolute Gasteiger partial charge is 0.118 e. The molecule has 100 valence electrons.